The predicted molar refractivity (Wildman–Crippen MR) is 116 cm³/mol. The van der Waals surface area contributed by atoms with E-state index in [1.54, 1.807) is 4.90 Å². The smallest absolute Gasteiger partial charge is 0.126 e. The summed E-state index contributed by atoms with van der Waals surface area (Å²) in [6.07, 6.45) is 7.52. The molecule has 3 heteroatoms. The standard InChI is InChI=1S/C25H41NO2/c1-19(2)24-10-9-20(3)15-25(24)28-18-23(27)17-26-13-11-22(12-14-26)16-21-7-5-4-6-8-21/h4-8,19-20,22-25,27H,9-18H2,1-3H3/p+1/t20-,23+,24-,25+/m0/s1. The van der Waals surface area contributed by atoms with Crippen LogP contribution in [0.3, 0.4) is 0 Å². The van der Waals surface area contributed by atoms with E-state index in [0.717, 1.165) is 24.8 Å². The molecule has 1 aliphatic heterocycles. The molecule has 158 valence electrons. The van der Waals surface area contributed by atoms with Crippen LogP contribution in [-0.2, 0) is 11.2 Å². The molecular weight excluding hydrogens is 346 g/mol. The first-order chi connectivity index (χ1) is 13.5. The van der Waals surface area contributed by atoms with E-state index in [4.69, 9.17) is 4.74 Å². The van der Waals surface area contributed by atoms with Gasteiger partial charge in [-0.25, -0.2) is 0 Å². The van der Waals surface area contributed by atoms with Crippen LogP contribution in [0.2, 0.25) is 0 Å². The highest BCUT2D eigenvalue weighted by atomic mass is 16.5. The van der Waals surface area contributed by atoms with Crippen molar-refractivity contribution in [2.45, 2.75) is 71.5 Å². The van der Waals surface area contributed by atoms with Gasteiger partial charge in [-0.05, 0) is 61.3 Å². The maximum Gasteiger partial charge on any atom is 0.126 e. The zero-order chi connectivity index (χ0) is 19.9. The van der Waals surface area contributed by atoms with Gasteiger partial charge in [0.2, 0.25) is 0 Å². The Balaban J connectivity index is 1.36. The van der Waals surface area contributed by atoms with Crippen LogP contribution in [0.4, 0.5) is 0 Å². The van der Waals surface area contributed by atoms with Crippen LogP contribution in [0.25, 0.3) is 0 Å². The van der Waals surface area contributed by atoms with Gasteiger partial charge in [-0.15, -0.1) is 0 Å². The summed E-state index contributed by atoms with van der Waals surface area (Å²) >= 11 is 0. The fourth-order valence-corrected chi connectivity index (χ4v) is 5.37. The Labute approximate surface area is 172 Å². The molecule has 1 aromatic carbocycles. The van der Waals surface area contributed by atoms with Crippen LogP contribution >= 0.6 is 0 Å². The lowest BCUT2D eigenvalue weighted by molar-refractivity contribution is -0.909. The summed E-state index contributed by atoms with van der Waals surface area (Å²) in [5.74, 6) is 2.88. The summed E-state index contributed by atoms with van der Waals surface area (Å²) < 4.78 is 6.27. The van der Waals surface area contributed by atoms with Crippen LogP contribution in [-0.4, -0.2) is 43.6 Å². The van der Waals surface area contributed by atoms with E-state index < -0.39 is 0 Å². The minimum atomic E-state index is -0.328. The average molecular weight is 389 g/mol. The number of aliphatic hydroxyl groups is 1. The van der Waals surface area contributed by atoms with Crippen LogP contribution in [0.5, 0.6) is 0 Å². The third-order valence-corrected chi connectivity index (χ3v) is 7.17. The van der Waals surface area contributed by atoms with Crippen molar-refractivity contribution in [3.05, 3.63) is 35.9 Å². The third kappa shape index (κ3) is 6.57. The summed E-state index contributed by atoms with van der Waals surface area (Å²) in [5.41, 5.74) is 1.46. The number of nitrogens with one attached hydrogen (secondary N) is 1. The number of rotatable bonds is 8. The minimum Gasteiger partial charge on any atom is -0.385 e. The maximum atomic E-state index is 10.6. The van der Waals surface area contributed by atoms with E-state index in [2.05, 4.69) is 51.1 Å². The third-order valence-electron chi connectivity index (χ3n) is 7.17. The van der Waals surface area contributed by atoms with Gasteiger partial charge in [0.15, 0.2) is 0 Å². The van der Waals surface area contributed by atoms with Gasteiger partial charge in [-0.3, -0.25) is 0 Å². The second-order valence-electron chi connectivity index (χ2n) is 9.94. The number of benzene rings is 1. The van der Waals surface area contributed by atoms with Gasteiger partial charge in [0.1, 0.15) is 12.6 Å². The van der Waals surface area contributed by atoms with Crippen molar-refractivity contribution < 1.29 is 14.7 Å². The SMILES string of the molecule is CC(C)[C@@H]1CC[C@H](C)C[C@H]1OC[C@H](O)C[NH+]1CCC(Cc2ccccc2)CC1. The zero-order valence-electron chi connectivity index (χ0n) is 18.3. The predicted octanol–water partition coefficient (Wildman–Crippen LogP) is 3.36. The fraction of sp³-hybridized carbons (Fsp3) is 0.760. The molecule has 1 saturated heterocycles. The largest absolute Gasteiger partial charge is 0.385 e. The van der Waals surface area contributed by atoms with Crippen molar-refractivity contribution in [2.75, 3.05) is 26.2 Å². The van der Waals surface area contributed by atoms with Crippen molar-refractivity contribution in [3.8, 4) is 0 Å². The van der Waals surface area contributed by atoms with Crippen LogP contribution in [0.1, 0.15) is 58.4 Å². The molecule has 3 nitrogen and oxygen atoms in total. The number of piperidine rings is 1. The Morgan fingerprint density at radius 3 is 2.46 bits per heavy atom. The second kappa shape index (κ2) is 10.8. The molecule has 0 bridgehead atoms. The number of aliphatic hydroxyl groups excluding tert-OH is 1. The molecule has 1 aliphatic carbocycles. The van der Waals surface area contributed by atoms with Gasteiger partial charge < -0.3 is 14.7 Å². The molecule has 0 radical (unpaired) electrons. The molecule has 4 atom stereocenters. The summed E-state index contributed by atoms with van der Waals surface area (Å²) in [4.78, 5) is 1.55. The molecule has 0 aromatic heterocycles. The molecule has 0 spiro atoms. The Morgan fingerprint density at radius 2 is 1.79 bits per heavy atom. The van der Waals surface area contributed by atoms with Crippen LogP contribution in [0.15, 0.2) is 30.3 Å². The van der Waals surface area contributed by atoms with Gasteiger partial charge in [-0.2, -0.15) is 0 Å². The van der Waals surface area contributed by atoms with Crippen molar-refractivity contribution in [1.82, 2.24) is 0 Å². The summed E-state index contributed by atoms with van der Waals surface area (Å²) in [7, 11) is 0. The number of hydrogen-bond donors (Lipinski definition) is 2. The van der Waals surface area contributed by atoms with E-state index in [1.165, 1.54) is 50.8 Å². The minimum absolute atomic E-state index is 0.328. The fourth-order valence-electron chi connectivity index (χ4n) is 5.37. The van der Waals surface area contributed by atoms with Gasteiger partial charge in [0, 0.05) is 0 Å². The van der Waals surface area contributed by atoms with Gasteiger partial charge in [-0.1, -0.05) is 57.5 Å². The second-order valence-corrected chi connectivity index (χ2v) is 9.94. The molecule has 1 saturated carbocycles. The highest BCUT2D eigenvalue weighted by molar-refractivity contribution is 5.15. The summed E-state index contributed by atoms with van der Waals surface area (Å²) in [5, 5.41) is 10.6. The molecule has 2 N–H and O–H groups in total. The summed E-state index contributed by atoms with van der Waals surface area (Å²) in [6, 6.07) is 10.9. The Morgan fingerprint density at radius 1 is 1.07 bits per heavy atom. The van der Waals surface area contributed by atoms with Crippen molar-refractivity contribution in [2.24, 2.45) is 23.7 Å². The van der Waals surface area contributed by atoms with E-state index in [0.29, 0.717) is 24.5 Å². The number of quaternary nitrogens is 1. The van der Waals surface area contributed by atoms with Gasteiger partial charge in [0.25, 0.3) is 0 Å². The van der Waals surface area contributed by atoms with Crippen molar-refractivity contribution >= 4 is 0 Å². The Bertz CT molecular complexity index is 553. The molecule has 3 rings (SSSR count). The van der Waals surface area contributed by atoms with Gasteiger partial charge in [0.05, 0.1) is 25.8 Å². The zero-order valence-corrected chi connectivity index (χ0v) is 18.3. The molecular formula is C25H42NO2+. The quantitative estimate of drug-likeness (QED) is 0.716. The average Bonchev–Trinajstić information content (AvgIpc) is 2.68. The molecule has 0 unspecified atom stereocenters. The Hall–Kier alpha value is -0.900. The van der Waals surface area contributed by atoms with Crippen LogP contribution < -0.4 is 4.90 Å². The van der Waals surface area contributed by atoms with E-state index in [-0.39, 0.29) is 6.10 Å². The summed E-state index contributed by atoms with van der Waals surface area (Å²) in [6.45, 7) is 10.7. The molecule has 1 aromatic rings. The molecule has 2 aliphatic rings. The van der Waals surface area contributed by atoms with Crippen LogP contribution in [0, 0.1) is 23.7 Å². The lowest BCUT2D eigenvalue weighted by Gasteiger charge is -2.37. The van der Waals surface area contributed by atoms with E-state index in [9.17, 15) is 5.11 Å². The van der Waals surface area contributed by atoms with E-state index in [1.807, 2.05) is 0 Å². The van der Waals surface area contributed by atoms with Gasteiger partial charge >= 0.3 is 0 Å². The highest BCUT2D eigenvalue weighted by Crippen LogP contribution is 2.35. The monoisotopic (exact) mass is 388 g/mol. The molecule has 28 heavy (non-hydrogen) atoms. The van der Waals surface area contributed by atoms with E-state index >= 15 is 0 Å². The normalized spacial score (nSPS) is 32.4. The lowest BCUT2D eigenvalue weighted by Crippen LogP contribution is -3.14. The lowest BCUT2D eigenvalue weighted by atomic mass is 9.75. The first-order valence-electron chi connectivity index (χ1n) is 11.7. The first kappa shape index (κ1) is 21.8. The Kier molecular flexibility index (Phi) is 8.37. The number of hydrogen-bond acceptors (Lipinski definition) is 2. The molecule has 1 heterocycles. The maximum absolute atomic E-state index is 10.6. The highest BCUT2D eigenvalue weighted by Gasteiger charge is 2.32. The number of ether oxygens (including phenoxy) is 1. The molecule has 2 fully saturated rings. The van der Waals surface area contributed by atoms with Crippen molar-refractivity contribution in [1.29, 1.82) is 0 Å². The topological polar surface area (TPSA) is 33.9 Å². The first-order valence-corrected chi connectivity index (χ1v) is 11.7. The van der Waals surface area contributed by atoms with Crippen molar-refractivity contribution in [3.63, 3.8) is 0 Å². The number of likely N-dealkylation sites (tertiary alicyclic amines) is 1. The molecule has 0 amide bonds.